The minimum atomic E-state index is -0.974. The van der Waals surface area contributed by atoms with Gasteiger partial charge >= 0.3 is 5.97 Å². The molecule has 1 aliphatic heterocycles. The second kappa shape index (κ2) is 8.27. The van der Waals surface area contributed by atoms with Gasteiger partial charge in [-0.2, -0.15) is 0 Å². The van der Waals surface area contributed by atoms with Crippen LogP contribution in [0, 0.1) is 6.92 Å². The Balaban J connectivity index is 1.66. The predicted molar refractivity (Wildman–Crippen MR) is 125 cm³/mol. The van der Waals surface area contributed by atoms with Gasteiger partial charge in [-0.05, 0) is 54.4 Å². The first kappa shape index (κ1) is 21.6. The molecule has 0 saturated carbocycles. The van der Waals surface area contributed by atoms with E-state index in [9.17, 15) is 19.5 Å². The molecule has 170 valence electrons. The van der Waals surface area contributed by atoms with Crippen LogP contribution in [0.15, 0.2) is 76.6 Å². The van der Waals surface area contributed by atoms with Gasteiger partial charge in [0.2, 0.25) is 5.78 Å². The molecule has 0 unspecified atom stereocenters. The van der Waals surface area contributed by atoms with Crippen molar-refractivity contribution in [1.82, 2.24) is 4.98 Å². The minimum absolute atomic E-state index is 0.00712. The first-order valence-electron chi connectivity index (χ1n) is 10.3. The number of fused-ring (bicyclic) bond motifs is 1. The van der Waals surface area contributed by atoms with Crippen molar-refractivity contribution in [2.75, 3.05) is 12.0 Å². The number of nitrogens with zero attached hydrogens (tertiary/aromatic N) is 2. The third-order valence-corrected chi connectivity index (χ3v) is 6.60. The minimum Gasteiger partial charge on any atom is -0.503 e. The lowest BCUT2D eigenvalue weighted by Crippen LogP contribution is -2.31. The molecule has 3 heterocycles. The Kier molecular flexibility index (Phi) is 5.25. The number of carbonyl (C=O) groups excluding carboxylic acids is 3. The first-order valence-corrected chi connectivity index (χ1v) is 11.1. The maximum Gasteiger partial charge on any atom is 0.337 e. The zero-order valence-corrected chi connectivity index (χ0v) is 19.0. The van der Waals surface area contributed by atoms with Crippen molar-refractivity contribution < 1.29 is 28.6 Å². The number of anilines is 1. The van der Waals surface area contributed by atoms with E-state index in [2.05, 4.69) is 4.98 Å². The number of furan rings is 1. The molecule has 2 aromatic carbocycles. The monoisotopic (exact) mass is 474 g/mol. The van der Waals surface area contributed by atoms with Crippen LogP contribution in [0.1, 0.15) is 38.1 Å². The molecule has 8 nitrogen and oxygen atoms in total. The highest BCUT2D eigenvalue weighted by Crippen LogP contribution is 2.44. The van der Waals surface area contributed by atoms with Crippen LogP contribution in [-0.4, -0.2) is 34.9 Å². The number of Topliss-reactive ketones (excluding diaryl/α,β-unsaturated/α-hetero) is 1. The topological polar surface area (TPSA) is 110 Å². The lowest BCUT2D eigenvalue weighted by atomic mass is 9.94. The van der Waals surface area contributed by atoms with Crippen LogP contribution in [0.4, 0.5) is 5.13 Å². The summed E-state index contributed by atoms with van der Waals surface area (Å²) >= 11 is 1.28. The van der Waals surface area contributed by atoms with Crippen molar-refractivity contribution in [2.45, 2.75) is 13.0 Å². The number of aliphatic hydroxyl groups excluding tert-OH is 1. The summed E-state index contributed by atoms with van der Waals surface area (Å²) in [7, 11) is 1.28. The van der Waals surface area contributed by atoms with Gasteiger partial charge in [0.15, 0.2) is 16.7 Å². The zero-order chi connectivity index (χ0) is 24.0. The van der Waals surface area contributed by atoms with Gasteiger partial charge in [0.1, 0.15) is 0 Å². The number of aliphatic hydroxyl groups is 1. The van der Waals surface area contributed by atoms with Gasteiger partial charge in [-0.25, -0.2) is 9.78 Å². The van der Waals surface area contributed by atoms with Crippen molar-refractivity contribution in [1.29, 1.82) is 0 Å². The largest absolute Gasteiger partial charge is 0.503 e. The zero-order valence-electron chi connectivity index (χ0n) is 18.1. The maximum atomic E-state index is 13.3. The molecule has 1 N–H and O–H groups in total. The fourth-order valence-electron chi connectivity index (χ4n) is 3.93. The molecule has 2 aromatic heterocycles. The normalized spacial score (nSPS) is 15.9. The summed E-state index contributed by atoms with van der Waals surface area (Å²) in [5, 5.41) is 11.2. The molecule has 1 atom stereocenters. The number of benzene rings is 2. The van der Waals surface area contributed by atoms with Crippen LogP contribution in [0.3, 0.4) is 0 Å². The summed E-state index contributed by atoms with van der Waals surface area (Å²) in [6.07, 6.45) is 1.34. The average molecular weight is 474 g/mol. The van der Waals surface area contributed by atoms with Crippen LogP contribution in [0.2, 0.25) is 0 Å². The molecule has 0 spiro atoms. The number of hydrogen-bond acceptors (Lipinski definition) is 8. The van der Waals surface area contributed by atoms with Crippen LogP contribution < -0.4 is 4.90 Å². The maximum absolute atomic E-state index is 13.3. The van der Waals surface area contributed by atoms with Crippen LogP contribution in [0.5, 0.6) is 0 Å². The molecule has 0 bridgehead atoms. The fourth-order valence-corrected chi connectivity index (χ4v) is 5.02. The third-order valence-electron chi connectivity index (χ3n) is 5.58. The number of esters is 1. The summed E-state index contributed by atoms with van der Waals surface area (Å²) in [4.78, 5) is 44.3. The highest BCUT2D eigenvalue weighted by atomic mass is 32.1. The van der Waals surface area contributed by atoms with E-state index < -0.39 is 29.5 Å². The fraction of sp³-hybridized carbons (Fsp3) is 0.120. The number of aryl methyl sites for hydroxylation is 1. The van der Waals surface area contributed by atoms with Gasteiger partial charge in [0, 0.05) is 0 Å². The van der Waals surface area contributed by atoms with E-state index in [0.29, 0.717) is 21.8 Å². The van der Waals surface area contributed by atoms with Crippen molar-refractivity contribution in [3.8, 4) is 0 Å². The lowest BCUT2D eigenvalue weighted by molar-refractivity contribution is -0.117. The Bertz CT molecular complexity index is 1470. The summed E-state index contributed by atoms with van der Waals surface area (Å²) in [6.45, 7) is 1.96. The number of carbonyl (C=O) groups is 3. The lowest BCUT2D eigenvalue weighted by Gasteiger charge is -2.24. The molecule has 1 amide bonds. The average Bonchev–Trinajstić information content (AvgIpc) is 3.57. The van der Waals surface area contributed by atoms with E-state index >= 15 is 0 Å². The molecule has 0 aliphatic carbocycles. The molecule has 4 aromatic rings. The van der Waals surface area contributed by atoms with Gasteiger partial charge in [0.25, 0.3) is 5.91 Å². The van der Waals surface area contributed by atoms with Crippen molar-refractivity contribution in [3.05, 3.63) is 94.6 Å². The van der Waals surface area contributed by atoms with Crippen molar-refractivity contribution >= 4 is 44.3 Å². The number of hydrogen-bond donors (Lipinski definition) is 1. The van der Waals surface area contributed by atoms with E-state index in [1.165, 1.54) is 47.8 Å². The summed E-state index contributed by atoms with van der Waals surface area (Å²) < 4.78 is 10.9. The molecular formula is C25H18N2O6S. The number of thiazole rings is 1. The van der Waals surface area contributed by atoms with Crippen molar-refractivity contribution in [2.24, 2.45) is 0 Å². The highest BCUT2D eigenvalue weighted by molar-refractivity contribution is 7.22. The first-order chi connectivity index (χ1) is 16.4. The molecule has 0 fully saturated rings. The Labute approximate surface area is 197 Å². The standard InChI is InChI=1S/C25H18N2O6S/c1-13-5-10-16-18(12-13)34-25(26-16)27-20(14-6-8-15(9-7-14)24(31)32-2)19(22(29)23(27)30)21(28)17-4-3-11-33-17/h3-12,20,29H,1-2H3/t20-/m1/s1. The summed E-state index contributed by atoms with van der Waals surface area (Å²) in [5.74, 6) is -2.55. The highest BCUT2D eigenvalue weighted by Gasteiger charge is 2.46. The Morgan fingerprint density at radius 2 is 1.91 bits per heavy atom. The van der Waals surface area contributed by atoms with Crippen LogP contribution in [-0.2, 0) is 9.53 Å². The molecule has 0 radical (unpaired) electrons. The van der Waals surface area contributed by atoms with Gasteiger partial charge in [-0.15, -0.1) is 0 Å². The van der Waals surface area contributed by atoms with Crippen LogP contribution in [0.25, 0.3) is 10.2 Å². The number of methoxy groups -OCH3 is 1. The van der Waals surface area contributed by atoms with E-state index in [1.54, 1.807) is 18.2 Å². The van der Waals surface area contributed by atoms with Gasteiger partial charge in [-0.1, -0.05) is 29.5 Å². The molecule has 1 aliphatic rings. The third kappa shape index (κ3) is 3.46. The number of rotatable bonds is 5. The Morgan fingerprint density at radius 3 is 2.59 bits per heavy atom. The van der Waals surface area contributed by atoms with E-state index in [4.69, 9.17) is 9.15 Å². The van der Waals surface area contributed by atoms with E-state index in [-0.39, 0.29) is 11.3 Å². The molecule has 5 rings (SSSR count). The summed E-state index contributed by atoms with van der Waals surface area (Å²) in [5.41, 5.74) is 2.44. The summed E-state index contributed by atoms with van der Waals surface area (Å²) in [6, 6.07) is 14.1. The molecule has 0 saturated heterocycles. The second-order valence-electron chi connectivity index (χ2n) is 7.73. The van der Waals surface area contributed by atoms with Crippen molar-refractivity contribution in [3.63, 3.8) is 0 Å². The Morgan fingerprint density at radius 1 is 1.15 bits per heavy atom. The predicted octanol–water partition coefficient (Wildman–Crippen LogP) is 4.77. The number of aromatic nitrogens is 1. The number of ether oxygens (including phenoxy) is 1. The smallest absolute Gasteiger partial charge is 0.337 e. The van der Waals surface area contributed by atoms with Crippen LogP contribution >= 0.6 is 11.3 Å². The quantitative estimate of drug-likeness (QED) is 0.328. The van der Waals surface area contributed by atoms with Gasteiger partial charge in [0.05, 0.1) is 40.8 Å². The molecule has 34 heavy (non-hydrogen) atoms. The number of amides is 1. The second-order valence-corrected chi connectivity index (χ2v) is 8.74. The van der Waals surface area contributed by atoms with E-state index in [1.807, 2.05) is 25.1 Å². The van der Waals surface area contributed by atoms with E-state index in [0.717, 1.165) is 10.3 Å². The Hall–Kier alpha value is -4.24. The van der Waals surface area contributed by atoms with Gasteiger partial charge in [-0.3, -0.25) is 14.5 Å². The molecular weight excluding hydrogens is 456 g/mol. The number of ketones is 1. The SMILES string of the molecule is COC(=O)c1ccc([C@@H]2C(C(=O)c3ccco3)=C(O)C(=O)N2c2nc3ccc(C)cc3s2)cc1. The molecule has 9 heteroatoms. The van der Waals surface area contributed by atoms with Gasteiger partial charge < -0.3 is 14.3 Å².